The Bertz CT molecular complexity index is 462. The largest absolute Gasteiger partial charge is 0.326 e. The number of hydrogen-bond acceptors (Lipinski definition) is 3. The maximum absolute atomic E-state index is 12.0. The summed E-state index contributed by atoms with van der Waals surface area (Å²) in [6.45, 7) is 8.32. The highest BCUT2D eigenvalue weighted by molar-refractivity contribution is 5.93. The molecule has 4 nitrogen and oxygen atoms in total. The first-order valence-corrected chi connectivity index (χ1v) is 6.80. The van der Waals surface area contributed by atoms with Crippen molar-refractivity contribution in [3.63, 3.8) is 0 Å². The molecule has 0 spiro atoms. The smallest absolute Gasteiger partial charge is 0.238 e. The van der Waals surface area contributed by atoms with E-state index >= 15 is 0 Å². The fraction of sp³-hybridized carbons (Fsp3) is 0.533. The predicted molar refractivity (Wildman–Crippen MR) is 78.1 cm³/mol. The van der Waals surface area contributed by atoms with Gasteiger partial charge in [0, 0.05) is 24.8 Å². The standard InChI is InChI=1S/C15H23N3O/c1-10-4-5-14(11(2)6-10)17-15(19)9-18-7-12(3)13(16)8-18/h4-6,12-13H,7-9,16H2,1-3H3,(H,17,19). The van der Waals surface area contributed by atoms with E-state index < -0.39 is 0 Å². The van der Waals surface area contributed by atoms with Crippen molar-refractivity contribution in [3.8, 4) is 0 Å². The Balaban J connectivity index is 1.91. The summed E-state index contributed by atoms with van der Waals surface area (Å²) in [7, 11) is 0. The normalized spacial score (nSPS) is 23.6. The Kier molecular flexibility index (Phi) is 4.22. The maximum atomic E-state index is 12.0. The van der Waals surface area contributed by atoms with Crippen LogP contribution in [0.2, 0.25) is 0 Å². The van der Waals surface area contributed by atoms with Crippen molar-refractivity contribution >= 4 is 11.6 Å². The average molecular weight is 261 g/mol. The van der Waals surface area contributed by atoms with Crippen LogP contribution in [-0.2, 0) is 4.79 Å². The van der Waals surface area contributed by atoms with Crippen molar-refractivity contribution < 1.29 is 4.79 Å². The second-order valence-electron chi connectivity index (χ2n) is 5.70. The first-order chi connectivity index (χ1) is 8.95. The Morgan fingerprint density at radius 1 is 1.42 bits per heavy atom. The quantitative estimate of drug-likeness (QED) is 0.867. The molecule has 2 unspecified atom stereocenters. The zero-order chi connectivity index (χ0) is 14.0. The van der Waals surface area contributed by atoms with E-state index in [0.29, 0.717) is 12.5 Å². The van der Waals surface area contributed by atoms with Crippen molar-refractivity contribution in [2.45, 2.75) is 26.8 Å². The number of hydrogen-bond donors (Lipinski definition) is 2. The number of carbonyl (C=O) groups excluding carboxylic acids is 1. The summed E-state index contributed by atoms with van der Waals surface area (Å²) in [4.78, 5) is 14.1. The van der Waals surface area contributed by atoms with Gasteiger partial charge in [-0.3, -0.25) is 9.69 Å². The van der Waals surface area contributed by atoms with Gasteiger partial charge in [0.1, 0.15) is 0 Å². The van der Waals surface area contributed by atoms with Crippen LogP contribution >= 0.6 is 0 Å². The molecule has 0 bridgehead atoms. The Hall–Kier alpha value is -1.39. The Morgan fingerprint density at radius 3 is 2.74 bits per heavy atom. The number of carbonyl (C=O) groups is 1. The number of anilines is 1. The van der Waals surface area contributed by atoms with E-state index in [1.807, 2.05) is 26.0 Å². The summed E-state index contributed by atoms with van der Waals surface area (Å²) in [5.41, 5.74) is 9.16. The lowest BCUT2D eigenvalue weighted by Crippen LogP contribution is -2.33. The van der Waals surface area contributed by atoms with Crippen LogP contribution in [0.3, 0.4) is 0 Å². The van der Waals surface area contributed by atoms with Crippen LogP contribution in [0.1, 0.15) is 18.1 Å². The molecule has 19 heavy (non-hydrogen) atoms. The van der Waals surface area contributed by atoms with Gasteiger partial charge in [-0.2, -0.15) is 0 Å². The fourth-order valence-electron chi connectivity index (χ4n) is 2.57. The van der Waals surface area contributed by atoms with Gasteiger partial charge in [0.05, 0.1) is 6.54 Å². The van der Waals surface area contributed by atoms with Gasteiger partial charge in [0.15, 0.2) is 0 Å². The molecule has 1 heterocycles. The molecule has 0 saturated carbocycles. The molecule has 4 heteroatoms. The van der Waals surface area contributed by atoms with E-state index in [1.54, 1.807) is 0 Å². The van der Waals surface area contributed by atoms with Gasteiger partial charge >= 0.3 is 0 Å². The Morgan fingerprint density at radius 2 is 2.16 bits per heavy atom. The maximum Gasteiger partial charge on any atom is 0.238 e. The summed E-state index contributed by atoms with van der Waals surface area (Å²) in [6.07, 6.45) is 0. The highest BCUT2D eigenvalue weighted by Gasteiger charge is 2.27. The van der Waals surface area contributed by atoms with Crippen molar-refractivity contribution in [3.05, 3.63) is 29.3 Å². The molecule has 1 aromatic rings. The van der Waals surface area contributed by atoms with Gasteiger partial charge in [0.25, 0.3) is 0 Å². The van der Waals surface area contributed by atoms with E-state index in [1.165, 1.54) is 5.56 Å². The van der Waals surface area contributed by atoms with E-state index in [9.17, 15) is 4.79 Å². The molecule has 2 rings (SSSR count). The summed E-state index contributed by atoms with van der Waals surface area (Å²) >= 11 is 0. The number of benzene rings is 1. The van der Waals surface area contributed by atoms with E-state index in [4.69, 9.17) is 5.73 Å². The van der Waals surface area contributed by atoms with E-state index in [2.05, 4.69) is 23.2 Å². The Labute approximate surface area is 115 Å². The molecule has 1 aliphatic heterocycles. The monoisotopic (exact) mass is 261 g/mol. The zero-order valence-electron chi connectivity index (χ0n) is 11.9. The molecule has 2 atom stereocenters. The summed E-state index contributed by atoms with van der Waals surface area (Å²) in [5.74, 6) is 0.502. The van der Waals surface area contributed by atoms with E-state index in [0.717, 1.165) is 24.3 Å². The SMILES string of the molecule is Cc1ccc(NC(=O)CN2CC(C)C(N)C2)c(C)c1. The minimum Gasteiger partial charge on any atom is -0.326 e. The fourth-order valence-corrected chi connectivity index (χ4v) is 2.57. The lowest BCUT2D eigenvalue weighted by atomic mass is 10.1. The molecule has 1 aliphatic rings. The summed E-state index contributed by atoms with van der Waals surface area (Å²) < 4.78 is 0. The molecular formula is C15H23N3O. The number of nitrogens with one attached hydrogen (secondary N) is 1. The van der Waals surface area contributed by atoms with Gasteiger partial charge in [-0.1, -0.05) is 24.6 Å². The first-order valence-electron chi connectivity index (χ1n) is 6.80. The molecule has 1 saturated heterocycles. The van der Waals surface area contributed by atoms with Gasteiger partial charge in [-0.25, -0.2) is 0 Å². The molecule has 0 aromatic heterocycles. The minimum absolute atomic E-state index is 0.0354. The van der Waals surface area contributed by atoms with Gasteiger partial charge in [0.2, 0.25) is 5.91 Å². The molecule has 3 N–H and O–H groups in total. The summed E-state index contributed by atoms with van der Waals surface area (Å²) in [6, 6.07) is 6.23. The van der Waals surface area contributed by atoms with Crippen LogP contribution in [0, 0.1) is 19.8 Å². The molecule has 104 valence electrons. The van der Waals surface area contributed by atoms with Crippen molar-refractivity contribution in [2.24, 2.45) is 11.7 Å². The van der Waals surface area contributed by atoms with Crippen molar-refractivity contribution in [2.75, 3.05) is 25.0 Å². The summed E-state index contributed by atoms with van der Waals surface area (Å²) in [5, 5.41) is 2.97. The predicted octanol–water partition coefficient (Wildman–Crippen LogP) is 1.52. The van der Waals surface area contributed by atoms with Crippen LogP contribution in [0.5, 0.6) is 0 Å². The molecular weight excluding hydrogens is 238 g/mol. The molecule has 0 radical (unpaired) electrons. The second kappa shape index (κ2) is 5.72. The van der Waals surface area contributed by atoms with Crippen LogP contribution < -0.4 is 11.1 Å². The first kappa shape index (κ1) is 14.0. The van der Waals surface area contributed by atoms with E-state index in [-0.39, 0.29) is 11.9 Å². The molecule has 0 aliphatic carbocycles. The number of rotatable bonds is 3. The highest BCUT2D eigenvalue weighted by Crippen LogP contribution is 2.17. The number of nitrogens with two attached hydrogens (primary N) is 1. The van der Waals surface area contributed by atoms with Crippen LogP contribution in [0.4, 0.5) is 5.69 Å². The third kappa shape index (κ3) is 3.55. The van der Waals surface area contributed by atoms with Gasteiger partial charge in [-0.15, -0.1) is 0 Å². The number of likely N-dealkylation sites (tertiary alicyclic amines) is 1. The molecule has 1 amide bonds. The lowest BCUT2D eigenvalue weighted by Gasteiger charge is -2.15. The average Bonchev–Trinajstić information content (AvgIpc) is 2.62. The van der Waals surface area contributed by atoms with Crippen LogP contribution in [-0.4, -0.2) is 36.5 Å². The van der Waals surface area contributed by atoms with Crippen LogP contribution in [0.25, 0.3) is 0 Å². The van der Waals surface area contributed by atoms with Gasteiger partial charge in [-0.05, 0) is 31.4 Å². The minimum atomic E-state index is 0.0354. The number of nitrogens with zero attached hydrogens (tertiary/aromatic N) is 1. The molecule has 1 aromatic carbocycles. The van der Waals surface area contributed by atoms with Crippen molar-refractivity contribution in [1.82, 2.24) is 4.90 Å². The lowest BCUT2D eigenvalue weighted by molar-refractivity contribution is -0.117. The third-order valence-corrected chi connectivity index (χ3v) is 3.77. The van der Waals surface area contributed by atoms with Crippen molar-refractivity contribution in [1.29, 1.82) is 0 Å². The topological polar surface area (TPSA) is 58.4 Å². The number of amides is 1. The van der Waals surface area contributed by atoms with Gasteiger partial charge < -0.3 is 11.1 Å². The highest BCUT2D eigenvalue weighted by atomic mass is 16.2. The third-order valence-electron chi connectivity index (χ3n) is 3.77. The second-order valence-corrected chi connectivity index (χ2v) is 5.70. The van der Waals surface area contributed by atoms with Crippen LogP contribution in [0.15, 0.2) is 18.2 Å². The zero-order valence-corrected chi connectivity index (χ0v) is 11.9. The number of aryl methyl sites for hydroxylation is 2. The molecule has 1 fully saturated rings.